The van der Waals surface area contributed by atoms with Crippen molar-refractivity contribution >= 4 is 0 Å². The van der Waals surface area contributed by atoms with E-state index in [1.165, 1.54) is 25.7 Å². The zero-order chi connectivity index (χ0) is 8.81. The third-order valence-corrected chi connectivity index (χ3v) is 2.40. The van der Waals surface area contributed by atoms with Crippen LogP contribution in [-0.4, -0.2) is 26.3 Å². The van der Waals surface area contributed by atoms with Crippen molar-refractivity contribution in [2.45, 2.75) is 38.6 Å². The van der Waals surface area contributed by atoms with Crippen LogP contribution in [0.1, 0.15) is 32.6 Å². The van der Waals surface area contributed by atoms with Crippen molar-refractivity contribution in [1.82, 2.24) is 5.32 Å². The van der Waals surface area contributed by atoms with Gasteiger partial charge in [-0.05, 0) is 32.2 Å². The second-order valence-electron chi connectivity index (χ2n) is 3.90. The summed E-state index contributed by atoms with van der Waals surface area (Å²) < 4.78 is 5.03. The van der Waals surface area contributed by atoms with E-state index in [1.807, 2.05) is 0 Å². The van der Waals surface area contributed by atoms with Gasteiger partial charge in [-0.2, -0.15) is 0 Å². The van der Waals surface area contributed by atoms with Crippen LogP contribution in [0.3, 0.4) is 0 Å². The van der Waals surface area contributed by atoms with E-state index in [-0.39, 0.29) is 0 Å². The van der Waals surface area contributed by atoms with Crippen molar-refractivity contribution in [3.8, 4) is 0 Å². The summed E-state index contributed by atoms with van der Waals surface area (Å²) >= 11 is 0. The molecule has 1 aliphatic carbocycles. The van der Waals surface area contributed by atoms with Crippen molar-refractivity contribution in [2.75, 3.05) is 20.3 Å². The van der Waals surface area contributed by atoms with Crippen molar-refractivity contribution in [3.63, 3.8) is 0 Å². The van der Waals surface area contributed by atoms with Crippen molar-refractivity contribution in [2.24, 2.45) is 5.92 Å². The van der Waals surface area contributed by atoms with Crippen LogP contribution in [0.25, 0.3) is 0 Å². The lowest BCUT2D eigenvalue weighted by Gasteiger charge is -2.11. The first-order chi connectivity index (χ1) is 5.83. The molecule has 0 aliphatic heterocycles. The maximum atomic E-state index is 5.03. The Balaban J connectivity index is 1.80. The zero-order valence-corrected chi connectivity index (χ0v) is 8.31. The lowest BCUT2D eigenvalue weighted by Crippen LogP contribution is -2.30. The molecule has 12 heavy (non-hydrogen) atoms. The minimum atomic E-state index is 0.509. The monoisotopic (exact) mass is 171 g/mol. The van der Waals surface area contributed by atoms with E-state index < -0.39 is 0 Å². The molecule has 1 saturated carbocycles. The van der Waals surface area contributed by atoms with Gasteiger partial charge in [-0.25, -0.2) is 0 Å². The summed E-state index contributed by atoms with van der Waals surface area (Å²) in [4.78, 5) is 0. The molecule has 0 aromatic carbocycles. The molecule has 1 rings (SSSR count). The van der Waals surface area contributed by atoms with Gasteiger partial charge >= 0.3 is 0 Å². The molecule has 0 radical (unpaired) electrons. The molecular weight excluding hydrogens is 150 g/mol. The number of hydrogen-bond acceptors (Lipinski definition) is 2. The predicted octanol–water partition coefficient (Wildman–Crippen LogP) is 1.80. The summed E-state index contributed by atoms with van der Waals surface area (Å²) in [5.74, 6) is 1.07. The summed E-state index contributed by atoms with van der Waals surface area (Å²) in [6.45, 7) is 4.14. The first kappa shape index (κ1) is 10.0. The van der Waals surface area contributed by atoms with Crippen molar-refractivity contribution in [3.05, 3.63) is 0 Å². The van der Waals surface area contributed by atoms with E-state index in [9.17, 15) is 0 Å². The lowest BCUT2D eigenvalue weighted by atomic mass is 10.2. The van der Waals surface area contributed by atoms with E-state index in [0.717, 1.165) is 19.1 Å². The quantitative estimate of drug-likeness (QED) is 0.590. The second kappa shape index (κ2) is 5.55. The Hall–Kier alpha value is -0.0800. The Labute approximate surface area is 75.7 Å². The highest BCUT2D eigenvalue weighted by Gasteiger charge is 2.19. The van der Waals surface area contributed by atoms with E-state index >= 15 is 0 Å². The minimum absolute atomic E-state index is 0.509. The van der Waals surface area contributed by atoms with E-state index in [4.69, 9.17) is 4.74 Å². The van der Waals surface area contributed by atoms with Gasteiger partial charge in [-0.15, -0.1) is 0 Å². The third-order valence-electron chi connectivity index (χ3n) is 2.40. The molecule has 1 fully saturated rings. The van der Waals surface area contributed by atoms with Gasteiger partial charge < -0.3 is 10.1 Å². The number of ether oxygens (including phenoxy) is 1. The van der Waals surface area contributed by atoms with Crippen LogP contribution >= 0.6 is 0 Å². The van der Waals surface area contributed by atoms with Crippen LogP contribution in [0.15, 0.2) is 0 Å². The highest BCUT2D eigenvalue weighted by Crippen LogP contribution is 2.33. The number of hydrogen-bond donors (Lipinski definition) is 1. The number of nitrogens with one attached hydrogen (secondary N) is 1. The van der Waals surface area contributed by atoms with Gasteiger partial charge in [-0.1, -0.05) is 12.8 Å². The maximum absolute atomic E-state index is 5.03. The number of rotatable bonds is 7. The minimum Gasteiger partial charge on any atom is -0.383 e. The zero-order valence-electron chi connectivity index (χ0n) is 8.31. The van der Waals surface area contributed by atoms with Gasteiger partial charge in [0.15, 0.2) is 0 Å². The molecule has 0 aromatic heterocycles. The summed E-state index contributed by atoms with van der Waals surface area (Å²) in [5.41, 5.74) is 0. The van der Waals surface area contributed by atoms with Gasteiger partial charge in [0.1, 0.15) is 0 Å². The van der Waals surface area contributed by atoms with E-state index in [2.05, 4.69) is 12.2 Å². The summed E-state index contributed by atoms with van der Waals surface area (Å²) in [6.07, 6.45) is 5.71. The Morgan fingerprint density at radius 3 is 2.83 bits per heavy atom. The summed E-state index contributed by atoms with van der Waals surface area (Å²) in [6, 6.07) is 0.509. The molecule has 1 aliphatic rings. The second-order valence-corrected chi connectivity index (χ2v) is 3.90. The largest absolute Gasteiger partial charge is 0.383 e. The Kier molecular flexibility index (Phi) is 4.62. The molecule has 0 bridgehead atoms. The fourth-order valence-electron chi connectivity index (χ4n) is 1.45. The van der Waals surface area contributed by atoms with Crippen molar-refractivity contribution in [1.29, 1.82) is 0 Å². The molecule has 0 saturated heterocycles. The van der Waals surface area contributed by atoms with E-state index in [1.54, 1.807) is 7.11 Å². The van der Waals surface area contributed by atoms with Gasteiger partial charge in [0.2, 0.25) is 0 Å². The fourth-order valence-corrected chi connectivity index (χ4v) is 1.45. The molecule has 1 atom stereocenters. The highest BCUT2D eigenvalue weighted by atomic mass is 16.5. The molecule has 2 nitrogen and oxygen atoms in total. The van der Waals surface area contributed by atoms with Gasteiger partial charge in [-0.3, -0.25) is 0 Å². The first-order valence-electron chi connectivity index (χ1n) is 5.05. The van der Waals surface area contributed by atoms with Gasteiger partial charge in [0, 0.05) is 13.2 Å². The average molecular weight is 171 g/mol. The lowest BCUT2D eigenvalue weighted by molar-refractivity contribution is 0.172. The smallest absolute Gasteiger partial charge is 0.0613 e. The fraction of sp³-hybridized carbons (Fsp3) is 1.00. The first-order valence-corrected chi connectivity index (χ1v) is 5.05. The average Bonchev–Trinajstić information content (AvgIpc) is 2.82. The third kappa shape index (κ3) is 4.73. The van der Waals surface area contributed by atoms with E-state index in [0.29, 0.717) is 6.04 Å². The summed E-state index contributed by atoms with van der Waals surface area (Å²) in [5, 5.41) is 3.44. The molecule has 0 heterocycles. The van der Waals surface area contributed by atoms with Crippen LogP contribution in [0, 0.1) is 5.92 Å². The normalized spacial score (nSPS) is 19.5. The predicted molar refractivity (Wildman–Crippen MR) is 51.3 cm³/mol. The number of methoxy groups -OCH3 is 1. The molecule has 0 amide bonds. The summed E-state index contributed by atoms with van der Waals surface area (Å²) in [7, 11) is 1.75. The molecule has 1 unspecified atom stereocenters. The SMILES string of the molecule is COCC(C)NCCCC1CC1. The van der Waals surface area contributed by atoms with Gasteiger partial charge in [0.25, 0.3) is 0 Å². The topological polar surface area (TPSA) is 21.3 Å². The Morgan fingerprint density at radius 1 is 1.50 bits per heavy atom. The Morgan fingerprint density at radius 2 is 2.25 bits per heavy atom. The molecule has 0 aromatic rings. The van der Waals surface area contributed by atoms with Crippen LogP contribution in [0.2, 0.25) is 0 Å². The van der Waals surface area contributed by atoms with Crippen LogP contribution in [0.4, 0.5) is 0 Å². The Bertz CT molecular complexity index is 112. The van der Waals surface area contributed by atoms with Crippen molar-refractivity contribution < 1.29 is 4.74 Å². The molecule has 2 heteroatoms. The molecular formula is C10H21NO. The highest BCUT2D eigenvalue weighted by molar-refractivity contribution is 4.73. The van der Waals surface area contributed by atoms with Crippen LogP contribution < -0.4 is 5.32 Å². The van der Waals surface area contributed by atoms with Crippen LogP contribution in [-0.2, 0) is 4.74 Å². The maximum Gasteiger partial charge on any atom is 0.0613 e. The van der Waals surface area contributed by atoms with Crippen LogP contribution in [0.5, 0.6) is 0 Å². The molecule has 0 spiro atoms. The molecule has 1 N–H and O–H groups in total. The molecule has 72 valence electrons. The standard InChI is InChI=1S/C10H21NO/c1-9(8-12-2)11-7-3-4-10-5-6-10/h9-11H,3-8H2,1-2H3. The van der Waals surface area contributed by atoms with Gasteiger partial charge in [0.05, 0.1) is 6.61 Å².